The Kier molecular flexibility index (Phi) is 2.70. The molecule has 0 amide bonds. The first-order valence-electron chi connectivity index (χ1n) is 4.05. The van der Waals surface area contributed by atoms with Crippen LogP contribution in [0.5, 0.6) is 0 Å². The first kappa shape index (κ1) is 10.1. The summed E-state index contributed by atoms with van der Waals surface area (Å²) in [5.41, 5.74) is 6.81. The molecule has 0 aliphatic rings. The van der Waals surface area contributed by atoms with Crippen LogP contribution >= 0.6 is 23.2 Å². The molecule has 2 aromatic rings. The molecule has 4 nitrogen and oxygen atoms in total. The Morgan fingerprint density at radius 1 is 1.07 bits per heavy atom. The summed E-state index contributed by atoms with van der Waals surface area (Å²) in [5, 5.41) is 0.754. The summed E-state index contributed by atoms with van der Waals surface area (Å²) in [7, 11) is 0. The summed E-state index contributed by atoms with van der Waals surface area (Å²) in [6.45, 7) is 0. The van der Waals surface area contributed by atoms with E-state index >= 15 is 0 Å². The second-order valence-corrected chi connectivity index (χ2v) is 3.63. The van der Waals surface area contributed by atoms with Crippen molar-refractivity contribution in [3.05, 3.63) is 34.8 Å². The van der Waals surface area contributed by atoms with E-state index in [-0.39, 0.29) is 5.82 Å². The molecule has 76 valence electrons. The maximum absolute atomic E-state index is 5.98. The number of nitrogens with two attached hydrogens (primary N) is 1. The van der Waals surface area contributed by atoms with Gasteiger partial charge in [-0.3, -0.25) is 0 Å². The van der Waals surface area contributed by atoms with Crippen LogP contribution in [-0.4, -0.2) is 15.0 Å². The highest BCUT2D eigenvalue weighted by atomic mass is 35.5. The number of anilines is 1. The fourth-order valence-corrected chi connectivity index (χ4v) is 1.57. The Labute approximate surface area is 96.1 Å². The Morgan fingerprint density at radius 2 is 1.73 bits per heavy atom. The number of halogens is 2. The van der Waals surface area contributed by atoms with Crippen LogP contribution in [0, 0.1) is 0 Å². The van der Waals surface area contributed by atoms with Gasteiger partial charge in [0.25, 0.3) is 0 Å². The molecule has 2 aromatic heterocycles. The van der Waals surface area contributed by atoms with Crippen molar-refractivity contribution in [1.29, 1.82) is 0 Å². The van der Waals surface area contributed by atoms with Gasteiger partial charge in [0.05, 0.1) is 15.7 Å². The van der Waals surface area contributed by atoms with Crippen molar-refractivity contribution in [1.82, 2.24) is 15.0 Å². The number of aromatic nitrogens is 3. The average Bonchev–Trinajstić information content (AvgIpc) is 2.25. The number of hydrogen-bond donors (Lipinski definition) is 1. The Balaban J connectivity index is 2.59. The van der Waals surface area contributed by atoms with E-state index < -0.39 is 0 Å². The van der Waals surface area contributed by atoms with Crippen LogP contribution in [0.3, 0.4) is 0 Å². The van der Waals surface area contributed by atoms with Crippen molar-refractivity contribution in [2.24, 2.45) is 0 Å². The third kappa shape index (κ3) is 2.00. The van der Waals surface area contributed by atoms with Crippen molar-refractivity contribution >= 4 is 29.0 Å². The number of rotatable bonds is 1. The molecule has 0 bridgehead atoms. The Hall–Kier alpha value is -1.39. The van der Waals surface area contributed by atoms with E-state index in [2.05, 4.69) is 15.0 Å². The molecule has 0 saturated carbocycles. The zero-order valence-electron chi connectivity index (χ0n) is 7.48. The van der Waals surface area contributed by atoms with Crippen molar-refractivity contribution in [2.75, 3.05) is 5.73 Å². The smallest absolute Gasteiger partial charge is 0.143 e. The lowest BCUT2D eigenvalue weighted by molar-refractivity contribution is 1.16. The van der Waals surface area contributed by atoms with Crippen molar-refractivity contribution in [3.8, 4) is 11.3 Å². The minimum absolute atomic E-state index is 0.236. The van der Waals surface area contributed by atoms with Gasteiger partial charge in [0.1, 0.15) is 12.1 Å². The van der Waals surface area contributed by atoms with Crippen LogP contribution in [0.1, 0.15) is 0 Å². The minimum atomic E-state index is 0.236. The van der Waals surface area contributed by atoms with Gasteiger partial charge in [-0.1, -0.05) is 23.2 Å². The van der Waals surface area contributed by atoms with Gasteiger partial charge in [0.15, 0.2) is 0 Å². The standard InChI is InChI=1S/C9H6Cl2N4/c10-6-1-7(11)9(12)15-8(6)5-2-13-4-14-3-5/h1-4H,(H2,12,15). The first-order valence-corrected chi connectivity index (χ1v) is 4.81. The van der Waals surface area contributed by atoms with Gasteiger partial charge in [0.2, 0.25) is 0 Å². The van der Waals surface area contributed by atoms with Gasteiger partial charge < -0.3 is 5.73 Å². The molecule has 2 N–H and O–H groups in total. The van der Waals surface area contributed by atoms with Crippen LogP contribution in [0.25, 0.3) is 11.3 Å². The van der Waals surface area contributed by atoms with Crippen molar-refractivity contribution in [2.45, 2.75) is 0 Å². The summed E-state index contributed by atoms with van der Waals surface area (Å²) in [5.74, 6) is 0.236. The molecular weight excluding hydrogens is 235 g/mol. The lowest BCUT2D eigenvalue weighted by Gasteiger charge is -2.04. The number of nitrogens with zero attached hydrogens (tertiary/aromatic N) is 3. The van der Waals surface area contributed by atoms with E-state index in [1.807, 2.05) is 0 Å². The topological polar surface area (TPSA) is 64.7 Å². The van der Waals surface area contributed by atoms with Crippen LogP contribution < -0.4 is 5.73 Å². The summed E-state index contributed by atoms with van der Waals surface area (Å²) >= 11 is 11.7. The normalized spacial score (nSPS) is 10.3. The highest BCUT2D eigenvalue weighted by Gasteiger charge is 2.09. The van der Waals surface area contributed by atoms with Crippen molar-refractivity contribution < 1.29 is 0 Å². The lowest BCUT2D eigenvalue weighted by atomic mass is 10.2. The maximum Gasteiger partial charge on any atom is 0.143 e. The fraction of sp³-hybridized carbons (Fsp3) is 0. The predicted octanol–water partition coefficient (Wildman–Crippen LogP) is 2.43. The zero-order valence-corrected chi connectivity index (χ0v) is 9.00. The number of pyridine rings is 1. The highest BCUT2D eigenvalue weighted by molar-refractivity contribution is 6.37. The molecule has 0 unspecified atom stereocenters. The molecular formula is C9H6Cl2N4. The number of nitrogen functional groups attached to an aromatic ring is 1. The van der Waals surface area contributed by atoms with Gasteiger partial charge in [-0.25, -0.2) is 15.0 Å². The Morgan fingerprint density at radius 3 is 2.40 bits per heavy atom. The van der Waals surface area contributed by atoms with Crippen LogP contribution in [0.4, 0.5) is 5.82 Å². The highest BCUT2D eigenvalue weighted by Crippen LogP contribution is 2.30. The van der Waals surface area contributed by atoms with E-state index in [4.69, 9.17) is 28.9 Å². The van der Waals surface area contributed by atoms with Crippen LogP contribution in [0.15, 0.2) is 24.8 Å². The molecule has 0 aliphatic heterocycles. The molecule has 0 radical (unpaired) electrons. The van der Waals surface area contributed by atoms with Gasteiger partial charge in [-0.15, -0.1) is 0 Å². The van der Waals surface area contributed by atoms with E-state index in [0.29, 0.717) is 21.3 Å². The SMILES string of the molecule is Nc1nc(-c2cncnc2)c(Cl)cc1Cl. The Bertz CT molecular complexity index is 487. The fourth-order valence-electron chi connectivity index (χ4n) is 1.10. The van der Waals surface area contributed by atoms with E-state index in [0.717, 1.165) is 0 Å². The molecule has 0 aliphatic carbocycles. The molecule has 2 heterocycles. The zero-order chi connectivity index (χ0) is 10.8. The predicted molar refractivity (Wildman–Crippen MR) is 59.7 cm³/mol. The first-order chi connectivity index (χ1) is 7.18. The van der Waals surface area contributed by atoms with Crippen LogP contribution in [-0.2, 0) is 0 Å². The minimum Gasteiger partial charge on any atom is -0.382 e. The molecule has 15 heavy (non-hydrogen) atoms. The van der Waals surface area contributed by atoms with Crippen LogP contribution in [0.2, 0.25) is 10.0 Å². The monoisotopic (exact) mass is 240 g/mol. The average molecular weight is 241 g/mol. The van der Waals surface area contributed by atoms with Gasteiger partial charge in [0, 0.05) is 18.0 Å². The molecule has 0 aromatic carbocycles. The third-order valence-corrected chi connectivity index (χ3v) is 2.38. The van der Waals surface area contributed by atoms with Crippen molar-refractivity contribution in [3.63, 3.8) is 0 Å². The second kappa shape index (κ2) is 4.00. The quantitative estimate of drug-likeness (QED) is 0.832. The third-order valence-electron chi connectivity index (χ3n) is 1.79. The molecule has 0 spiro atoms. The lowest BCUT2D eigenvalue weighted by Crippen LogP contribution is -1.95. The van der Waals surface area contributed by atoms with E-state index in [1.54, 1.807) is 18.5 Å². The molecule has 0 saturated heterocycles. The van der Waals surface area contributed by atoms with E-state index in [9.17, 15) is 0 Å². The summed E-state index contributed by atoms with van der Waals surface area (Å²) < 4.78 is 0. The van der Waals surface area contributed by atoms with Gasteiger partial charge in [-0.05, 0) is 6.07 Å². The summed E-state index contributed by atoms with van der Waals surface area (Å²) in [4.78, 5) is 11.8. The summed E-state index contributed by atoms with van der Waals surface area (Å²) in [6, 6.07) is 1.55. The molecule has 0 atom stereocenters. The number of hydrogen-bond acceptors (Lipinski definition) is 4. The maximum atomic E-state index is 5.98. The largest absolute Gasteiger partial charge is 0.382 e. The van der Waals surface area contributed by atoms with E-state index in [1.165, 1.54) is 6.33 Å². The molecule has 6 heteroatoms. The summed E-state index contributed by atoms with van der Waals surface area (Å²) in [6.07, 6.45) is 4.64. The van der Waals surface area contributed by atoms with Gasteiger partial charge >= 0.3 is 0 Å². The molecule has 0 fully saturated rings. The van der Waals surface area contributed by atoms with Gasteiger partial charge in [-0.2, -0.15) is 0 Å². The second-order valence-electron chi connectivity index (χ2n) is 2.81. The molecule has 2 rings (SSSR count).